The van der Waals surface area contributed by atoms with Crippen molar-refractivity contribution in [3.8, 4) is 0 Å². The molecule has 0 aliphatic carbocycles. The van der Waals surface area contributed by atoms with Crippen LogP contribution in [0.5, 0.6) is 0 Å². The lowest BCUT2D eigenvalue weighted by Crippen LogP contribution is -2.26. The molecule has 1 aromatic heterocycles. The first-order chi connectivity index (χ1) is 7.26. The highest BCUT2D eigenvalue weighted by atomic mass is 16.1. The summed E-state index contributed by atoms with van der Waals surface area (Å²) in [4.78, 5) is 15.2. The molecule has 15 heavy (non-hydrogen) atoms. The Morgan fingerprint density at radius 1 is 1.33 bits per heavy atom. The van der Waals surface area contributed by atoms with Crippen LogP contribution in [0.3, 0.4) is 0 Å². The summed E-state index contributed by atoms with van der Waals surface area (Å²) in [6.45, 7) is 3.07. The first-order valence-corrected chi connectivity index (χ1v) is 4.91. The number of rotatable bonds is 5. The summed E-state index contributed by atoms with van der Waals surface area (Å²) >= 11 is 0. The molecule has 0 bridgehead atoms. The number of pyridine rings is 1. The highest BCUT2D eigenvalue weighted by Gasteiger charge is 1.99. The molecule has 0 aromatic carbocycles. The fourth-order valence-electron chi connectivity index (χ4n) is 1.07. The standard InChI is InChI=1S/C10H16N4O/c1-3-12-8-5-4-6-9(14-8)13-7-10(15)11-2/h4-6H,3,7H2,1-2H3,(H,11,15)(H2,12,13,14). The summed E-state index contributed by atoms with van der Waals surface area (Å²) in [5, 5.41) is 8.56. The van der Waals surface area contributed by atoms with Crippen LogP contribution in [0.1, 0.15) is 6.92 Å². The van der Waals surface area contributed by atoms with Crippen LogP contribution in [0.15, 0.2) is 18.2 Å². The molecule has 82 valence electrons. The minimum atomic E-state index is -0.0642. The third kappa shape index (κ3) is 3.84. The van der Waals surface area contributed by atoms with Gasteiger partial charge in [0, 0.05) is 13.6 Å². The summed E-state index contributed by atoms with van der Waals surface area (Å²) in [5.41, 5.74) is 0. The Morgan fingerprint density at radius 3 is 2.60 bits per heavy atom. The van der Waals surface area contributed by atoms with Crippen LogP contribution in [-0.2, 0) is 4.79 Å². The van der Waals surface area contributed by atoms with Gasteiger partial charge in [-0.25, -0.2) is 4.98 Å². The van der Waals surface area contributed by atoms with Crippen molar-refractivity contribution < 1.29 is 4.79 Å². The van der Waals surface area contributed by atoms with E-state index in [0.29, 0.717) is 5.82 Å². The van der Waals surface area contributed by atoms with Gasteiger partial charge < -0.3 is 16.0 Å². The molecule has 0 saturated heterocycles. The molecule has 0 spiro atoms. The van der Waals surface area contributed by atoms with Crippen LogP contribution in [0.2, 0.25) is 0 Å². The number of hydrogen-bond acceptors (Lipinski definition) is 4. The average Bonchev–Trinajstić information content (AvgIpc) is 2.27. The van der Waals surface area contributed by atoms with E-state index in [0.717, 1.165) is 12.4 Å². The predicted octanol–water partition coefficient (Wildman–Crippen LogP) is 0.671. The Kier molecular flexibility index (Phi) is 4.40. The van der Waals surface area contributed by atoms with E-state index in [1.54, 1.807) is 7.05 Å². The smallest absolute Gasteiger partial charge is 0.239 e. The number of carbonyl (C=O) groups excluding carboxylic acids is 1. The SMILES string of the molecule is CCNc1cccc(NCC(=O)NC)n1. The number of carbonyl (C=O) groups is 1. The van der Waals surface area contributed by atoms with Gasteiger partial charge in [-0.2, -0.15) is 0 Å². The Bertz CT molecular complexity index is 327. The van der Waals surface area contributed by atoms with E-state index in [-0.39, 0.29) is 12.5 Å². The van der Waals surface area contributed by atoms with Crippen molar-refractivity contribution in [1.29, 1.82) is 0 Å². The van der Waals surface area contributed by atoms with Crippen molar-refractivity contribution in [2.24, 2.45) is 0 Å². The first kappa shape index (κ1) is 11.3. The number of anilines is 2. The van der Waals surface area contributed by atoms with Crippen LogP contribution in [-0.4, -0.2) is 31.0 Å². The van der Waals surface area contributed by atoms with Crippen LogP contribution in [0.25, 0.3) is 0 Å². The van der Waals surface area contributed by atoms with E-state index in [9.17, 15) is 4.79 Å². The molecule has 0 radical (unpaired) electrons. The number of nitrogens with one attached hydrogen (secondary N) is 3. The topological polar surface area (TPSA) is 66.0 Å². The summed E-state index contributed by atoms with van der Waals surface area (Å²) < 4.78 is 0. The van der Waals surface area contributed by atoms with Crippen LogP contribution >= 0.6 is 0 Å². The third-order valence-corrected chi connectivity index (χ3v) is 1.82. The third-order valence-electron chi connectivity index (χ3n) is 1.82. The van der Waals surface area contributed by atoms with Crippen LogP contribution < -0.4 is 16.0 Å². The predicted molar refractivity (Wildman–Crippen MR) is 61.0 cm³/mol. The molecule has 5 heteroatoms. The molecule has 0 fully saturated rings. The van der Waals surface area contributed by atoms with E-state index in [2.05, 4.69) is 20.9 Å². The monoisotopic (exact) mass is 208 g/mol. The van der Waals surface area contributed by atoms with Gasteiger partial charge in [-0.3, -0.25) is 4.79 Å². The molecule has 1 heterocycles. The Balaban J connectivity index is 2.53. The normalized spacial score (nSPS) is 9.47. The summed E-state index contributed by atoms with van der Waals surface area (Å²) in [7, 11) is 1.60. The molecular formula is C10H16N4O. The molecule has 0 aliphatic heterocycles. The lowest BCUT2D eigenvalue weighted by Gasteiger charge is -2.07. The van der Waals surface area contributed by atoms with Gasteiger partial charge in [0.15, 0.2) is 0 Å². The first-order valence-electron chi connectivity index (χ1n) is 4.91. The molecule has 1 aromatic rings. The van der Waals surface area contributed by atoms with Gasteiger partial charge >= 0.3 is 0 Å². The molecule has 1 rings (SSSR count). The summed E-state index contributed by atoms with van der Waals surface area (Å²) in [6, 6.07) is 5.59. The van der Waals surface area contributed by atoms with E-state index < -0.39 is 0 Å². The van der Waals surface area contributed by atoms with Gasteiger partial charge in [-0.15, -0.1) is 0 Å². The lowest BCUT2D eigenvalue weighted by atomic mass is 10.4. The van der Waals surface area contributed by atoms with E-state index >= 15 is 0 Å². The summed E-state index contributed by atoms with van der Waals surface area (Å²) in [5.74, 6) is 1.43. The van der Waals surface area contributed by atoms with E-state index in [1.807, 2.05) is 25.1 Å². The Morgan fingerprint density at radius 2 is 2.00 bits per heavy atom. The van der Waals surface area contributed by atoms with Crippen LogP contribution in [0.4, 0.5) is 11.6 Å². The number of hydrogen-bond donors (Lipinski definition) is 3. The maximum absolute atomic E-state index is 11.0. The summed E-state index contributed by atoms with van der Waals surface area (Å²) in [6.07, 6.45) is 0. The molecular weight excluding hydrogens is 192 g/mol. The van der Waals surface area contributed by atoms with Gasteiger partial charge in [0.25, 0.3) is 0 Å². The van der Waals surface area contributed by atoms with Crippen molar-refractivity contribution in [2.75, 3.05) is 30.8 Å². The van der Waals surface area contributed by atoms with Gasteiger partial charge in [-0.05, 0) is 19.1 Å². The fraction of sp³-hybridized carbons (Fsp3) is 0.400. The van der Waals surface area contributed by atoms with Gasteiger partial charge in [-0.1, -0.05) is 6.07 Å². The molecule has 0 atom stereocenters. The largest absolute Gasteiger partial charge is 0.370 e. The highest BCUT2D eigenvalue weighted by Crippen LogP contribution is 2.08. The zero-order valence-corrected chi connectivity index (χ0v) is 9.00. The lowest BCUT2D eigenvalue weighted by molar-refractivity contribution is -0.118. The minimum absolute atomic E-state index is 0.0642. The van der Waals surface area contributed by atoms with Gasteiger partial charge in [0.05, 0.1) is 6.54 Å². The van der Waals surface area contributed by atoms with Crippen molar-refractivity contribution in [3.63, 3.8) is 0 Å². The molecule has 0 unspecified atom stereocenters. The van der Waals surface area contributed by atoms with Crippen molar-refractivity contribution >= 4 is 17.5 Å². The molecule has 3 N–H and O–H groups in total. The molecule has 0 aliphatic rings. The van der Waals surface area contributed by atoms with Crippen molar-refractivity contribution in [3.05, 3.63) is 18.2 Å². The highest BCUT2D eigenvalue weighted by molar-refractivity contribution is 5.80. The minimum Gasteiger partial charge on any atom is -0.370 e. The second kappa shape index (κ2) is 5.85. The second-order valence-electron chi connectivity index (χ2n) is 2.97. The zero-order chi connectivity index (χ0) is 11.1. The van der Waals surface area contributed by atoms with Gasteiger partial charge in [0.1, 0.15) is 11.6 Å². The van der Waals surface area contributed by atoms with Crippen LogP contribution in [0, 0.1) is 0 Å². The maximum Gasteiger partial charge on any atom is 0.239 e. The fourth-order valence-corrected chi connectivity index (χ4v) is 1.07. The average molecular weight is 208 g/mol. The Labute approximate surface area is 89.3 Å². The Hall–Kier alpha value is -1.78. The van der Waals surface area contributed by atoms with E-state index in [1.165, 1.54) is 0 Å². The van der Waals surface area contributed by atoms with Crippen molar-refractivity contribution in [1.82, 2.24) is 10.3 Å². The van der Waals surface area contributed by atoms with E-state index in [4.69, 9.17) is 0 Å². The number of nitrogens with zero attached hydrogens (tertiary/aromatic N) is 1. The number of amides is 1. The zero-order valence-electron chi connectivity index (χ0n) is 9.00. The maximum atomic E-state index is 11.0. The van der Waals surface area contributed by atoms with Gasteiger partial charge in [0.2, 0.25) is 5.91 Å². The number of likely N-dealkylation sites (N-methyl/N-ethyl adjacent to an activating group) is 1. The van der Waals surface area contributed by atoms with Crippen molar-refractivity contribution in [2.45, 2.75) is 6.92 Å². The quantitative estimate of drug-likeness (QED) is 0.665. The molecule has 0 saturated carbocycles. The second-order valence-corrected chi connectivity index (χ2v) is 2.97. The molecule has 5 nitrogen and oxygen atoms in total. The molecule has 1 amide bonds. The number of aromatic nitrogens is 1.